The molecule has 0 aromatic heterocycles. The molecule has 3 rings (SSSR count). The molecule has 2 bridgehead atoms. The van der Waals surface area contributed by atoms with Gasteiger partial charge >= 0.3 is 11.8 Å². The van der Waals surface area contributed by atoms with Gasteiger partial charge in [-0.25, -0.2) is 0 Å². The highest BCUT2D eigenvalue weighted by atomic mass is 16.3. The zero-order valence-electron chi connectivity index (χ0n) is 13.9. The molecule has 1 aromatic rings. The molecule has 1 aliphatic carbocycles. The Balaban J connectivity index is 1.72. The van der Waals surface area contributed by atoms with Crippen LogP contribution >= 0.6 is 0 Å². The summed E-state index contributed by atoms with van der Waals surface area (Å²) in [6, 6.07) is 6.37. The Bertz CT molecular complexity index is 655. The SMILES string of the molecule is CC1(C)CC2CC(C)(CN2C(=O)C(=O)Nc2cccc(O)c2)C1. The second-order valence-electron chi connectivity index (χ2n) is 8.15. The van der Waals surface area contributed by atoms with E-state index in [1.165, 1.54) is 12.1 Å². The Morgan fingerprint density at radius 3 is 2.70 bits per heavy atom. The van der Waals surface area contributed by atoms with Crippen molar-refractivity contribution in [2.45, 2.75) is 46.1 Å². The number of rotatable bonds is 1. The van der Waals surface area contributed by atoms with Crippen LogP contribution < -0.4 is 5.32 Å². The minimum Gasteiger partial charge on any atom is -0.508 e. The quantitative estimate of drug-likeness (QED) is 0.783. The van der Waals surface area contributed by atoms with Gasteiger partial charge in [0.2, 0.25) is 0 Å². The van der Waals surface area contributed by atoms with Crippen molar-refractivity contribution in [1.82, 2.24) is 4.90 Å². The van der Waals surface area contributed by atoms with Gasteiger partial charge in [0.05, 0.1) is 0 Å². The largest absolute Gasteiger partial charge is 0.508 e. The molecule has 5 heteroatoms. The summed E-state index contributed by atoms with van der Waals surface area (Å²) in [5, 5.41) is 12.0. The van der Waals surface area contributed by atoms with E-state index in [2.05, 4.69) is 26.1 Å². The van der Waals surface area contributed by atoms with Crippen LogP contribution in [0.2, 0.25) is 0 Å². The summed E-state index contributed by atoms with van der Waals surface area (Å²) in [6.07, 6.45) is 2.99. The lowest BCUT2D eigenvalue weighted by atomic mass is 9.65. The average molecular weight is 316 g/mol. The molecule has 2 fully saturated rings. The van der Waals surface area contributed by atoms with Crippen LogP contribution in [0.1, 0.15) is 40.0 Å². The third kappa shape index (κ3) is 3.19. The predicted molar refractivity (Wildman–Crippen MR) is 88.0 cm³/mol. The van der Waals surface area contributed by atoms with Crippen LogP contribution in [0.3, 0.4) is 0 Å². The summed E-state index contributed by atoms with van der Waals surface area (Å²) in [5.41, 5.74) is 0.735. The van der Waals surface area contributed by atoms with E-state index in [9.17, 15) is 14.7 Å². The zero-order valence-corrected chi connectivity index (χ0v) is 13.9. The molecule has 5 nitrogen and oxygen atoms in total. The van der Waals surface area contributed by atoms with E-state index < -0.39 is 11.8 Å². The monoisotopic (exact) mass is 316 g/mol. The van der Waals surface area contributed by atoms with E-state index >= 15 is 0 Å². The number of carbonyl (C=O) groups is 2. The van der Waals surface area contributed by atoms with Crippen molar-refractivity contribution < 1.29 is 14.7 Å². The Morgan fingerprint density at radius 1 is 1.26 bits per heavy atom. The Hall–Kier alpha value is -2.04. The first kappa shape index (κ1) is 15.8. The maximum atomic E-state index is 12.6. The lowest BCUT2D eigenvalue weighted by Crippen LogP contribution is -2.43. The highest BCUT2D eigenvalue weighted by molar-refractivity contribution is 6.39. The second-order valence-corrected chi connectivity index (χ2v) is 8.15. The maximum Gasteiger partial charge on any atom is 0.313 e. The number of hydrogen-bond donors (Lipinski definition) is 2. The van der Waals surface area contributed by atoms with Crippen LogP contribution in [-0.2, 0) is 9.59 Å². The zero-order chi connectivity index (χ0) is 16.8. The summed E-state index contributed by atoms with van der Waals surface area (Å²) < 4.78 is 0. The highest BCUT2D eigenvalue weighted by Gasteiger charge is 2.51. The van der Waals surface area contributed by atoms with E-state index in [1.807, 2.05) is 0 Å². The fraction of sp³-hybridized carbons (Fsp3) is 0.556. The fourth-order valence-electron chi connectivity index (χ4n) is 4.60. The van der Waals surface area contributed by atoms with Crippen LogP contribution in [0, 0.1) is 10.8 Å². The van der Waals surface area contributed by atoms with E-state index in [0.717, 1.165) is 19.3 Å². The van der Waals surface area contributed by atoms with Crippen molar-refractivity contribution in [3.05, 3.63) is 24.3 Å². The summed E-state index contributed by atoms with van der Waals surface area (Å²) in [5.74, 6) is -1.05. The maximum absolute atomic E-state index is 12.6. The van der Waals surface area contributed by atoms with Crippen LogP contribution in [0.5, 0.6) is 5.75 Å². The van der Waals surface area contributed by atoms with Crippen LogP contribution in [0.15, 0.2) is 24.3 Å². The third-order valence-electron chi connectivity index (χ3n) is 4.97. The van der Waals surface area contributed by atoms with Gasteiger partial charge in [0.15, 0.2) is 0 Å². The molecule has 1 heterocycles. The molecular formula is C18H24N2O3. The number of fused-ring (bicyclic) bond motifs is 2. The van der Waals surface area contributed by atoms with Crippen LogP contribution in [-0.4, -0.2) is 34.4 Å². The number of hydrogen-bond acceptors (Lipinski definition) is 3. The summed E-state index contributed by atoms with van der Waals surface area (Å²) in [4.78, 5) is 26.6. The number of anilines is 1. The Kier molecular flexibility index (Phi) is 3.62. The normalized spacial score (nSPS) is 28.5. The second kappa shape index (κ2) is 5.25. The predicted octanol–water partition coefficient (Wildman–Crippen LogP) is 2.76. The average Bonchev–Trinajstić information content (AvgIpc) is 2.67. The topological polar surface area (TPSA) is 69.6 Å². The highest BCUT2D eigenvalue weighted by Crippen LogP contribution is 2.52. The molecule has 0 spiro atoms. The molecule has 2 aliphatic rings. The summed E-state index contributed by atoms with van der Waals surface area (Å²) >= 11 is 0. The molecule has 1 aromatic carbocycles. The molecule has 2 amide bonds. The summed E-state index contributed by atoms with van der Waals surface area (Å²) in [6.45, 7) is 7.32. The van der Waals surface area contributed by atoms with E-state index in [-0.39, 0.29) is 22.6 Å². The van der Waals surface area contributed by atoms with Gasteiger partial charge in [0, 0.05) is 24.3 Å². The first-order chi connectivity index (χ1) is 10.7. The van der Waals surface area contributed by atoms with E-state index in [4.69, 9.17) is 0 Å². The standard InChI is InChI=1S/C18H24N2O3/c1-17(2)8-13-9-18(3,10-17)11-20(13)16(23)15(22)19-12-5-4-6-14(21)7-12/h4-7,13,21H,8-11H2,1-3H3,(H,19,22). The van der Waals surface area contributed by atoms with Gasteiger partial charge in [-0.1, -0.05) is 26.8 Å². The number of phenolic OH excluding ortho intramolecular Hbond substituents is 1. The molecule has 0 radical (unpaired) electrons. The van der Waals surface area contributed by atoms with Crippen molar-refractivity contribution in [2.24, 2.45) is 10.8 Å². The number of phenols is 1. The van der Waals surface area contributed by atoms with Crippen molar-refractivity contribution in [3.8, 4) is 5.75 Å². The molecule has 1 aliphatic heterocycles. The molecular weight excluding hydrogens is 292 g/mol. The minimum absolute atomic E-state index is 0.0570. The lowest BCUT2D eigenvalue weighted by molar-refractivity contribution is -0.144. The fourth-order valence-corrected chi connectivity index (χ4v) is 4.60. The van der Waals surface area contributed by atoms with Gasteiger partial charge in [0.1, 0.15) is 5.75 Å². The van der Waals surface area contributed by atoms with Crippen LogP contribution in [0.25, 0.3) is 0 Å². The molecule has 124 valence electrons. The van der Waals surface area contributed by atoms with Crippen molar-refractivity contribution in [2.75, 3.05) is 11.9 Å². The van der Waals surface area contributed by atoms with Gasteiger partial charge in [-0.3, -0.25) is 9.59 Å². The number of nitrogens with zero attached hydrogens (tertiary/aromatic N) is 1. The lowest BCUT2D eigenvalue weighted by Gasteiger charge is -2.39. The molecule has 2 atom stereocenters. The molecule has 1 saturated heterocycles. The van der Waals surface area contributed by atoms with Crippen molar-refractivity contribution in [1.29, 1.82) is 0 Å². The van der Waals surface area contributed by atoms with Gasteiger partial charge in [-0.2, -0.15) is 0 Å². The number of benzene rings is 1. The van der Waals surface area contributed by atoms with E-state index in [0.29, 0.717) is 12.2 Å². The van der Waals surface area contributed by atoms with Gasteiger partial charge in [-0.05, 0) is 42.2 Å². The number of carbonyl (C=O) groups excluding carboxylic acids is 2. The van der Waals surface area contributed by atoms with Crippen LogP contribution in [0.4, 0.5) is 5.69 Å². The van der Waals surface area contributed by atoms with Gasteiger partial charge < -0.3 is 15.3 Å². The summed E-state index contributed by atoms with van der Waals surface area (Å²) in [7, 11) is 0. The number of amides is 2. The molecule has 23 heavy (non-hydrogen) atoms. The Labute approximate surface area is 136 Å². The minimum atomic E-state index is -0.635. The molecule has 1 saturated carbocycles. The first-order valence-electron chi connectivity index (χ1n) is 8.09. The number of aromatic hydroxyl groups is 1. The Morgan fingerprint density at radius 2 is 2.00 bits per heavy atom. The number of likely N-dealkylation sites (tertiary alicyclic amines) is 1. The van der Waals surface area contributed by atoms with E-state index in [1.54, 1.807) is 17.0 Å². The molecule has 2 unspecified atom stereocenters. The molecule has 2 N–H and O–H groups in total. The van der Waals surface area contributed by atoms with Gasteiger partial charge in [-0.15, -0.1) is 0 Å². The first-order valence-corrected chi connectivity index (χ1v) is 8.09. The van der Waals surface area contributed by atoms with Crippen molar-refractivity contribution >= 4 is 17.5 Å². The number of nitrogens with one attached hydrogen (secondary N) is 1. The third-order valence-corrected chi connectivity index (χ3v) is 4.97. The smallest absolute Gasteiger partial charge is 0.313 e. The van der Waals surface area contributed by atoms with Crippen molar-refractivity contribution in [3.63, 3.8) is 0 Å². The van der Waals surface area contributed by atoms with Gasteiger partial charge in [0.25, 0.3) is 0 Å².